The maximum atomic E-state index is 12.1. The van der Waals surface area contributed by atoms with E-state index >= 15 is 0 Å². The molecule has 17 heavy (non-hydrogen) atoms. The molecule has 1 atom stereocenters. The average molecular weight is 250 g/mol. The summed E-state index contributed by atoms with van der Waals surface area (Å²) in [4.78, 5) is 33.9. The number of carbonyl (C=O) groups excluding carboxylic acids is 3. The Bertz CT molecular complexity index is 300. The van der Waals surface area contributed by atoms with Gasteiger partial charge in [-0.1, -0.05) is 13.8 Å². The van der Waals surface area contributed by atoms with Crippen LogP contribution in [0.4, 0.5) is 8.78 Å². The molecule has 1 unspecified atom stereocenters. The van der Waals surface area contributed by atoms with Gasteiger partial charge in [0.05, 0.1) is 6.61 Å². The summed E-state index contributed by atoms with van der Waals surface area (Å²) in [5.74, 6) is -4.83. The zero-order valence-electron chi connectivity index (χ0n) is 10.0. The molecular formula is C11H16F2O4. The van der Waals surface area contributed by atoms with Crippen LogP contribution in [0.15, 0.2) is 0 Å². The van der Waals surface area contributed by atoms with Crippen LogP contribution < -0.4 is 0 Å². The predicted molar refractivity (Wildman–Crippen MR) is 55.6 cm³/mol. The minimum Gasteiger partial charge on any atom is -0.465 e. The number of alkyl halides is 2. The molecule has 0 amide bonds. The molecular weight excluding hydrogens is 234 g/mol. The summed E-state index contributed by atoms with van der Waals surface area (Å²) in [7, 11) is 0. The fourth-order valence-electron chi connectivity index (χ4n) is 1.24. The quantitative estimate of drug-likeness (QED) is 0.509. The second kappa shape index (κ2) is 7.09. The van der Waals surface area contributed by atoms with Crippen LogP contribution >= 0.6 is 0 Å². The van der Waals surface area contributed by atoms with Gasteiger partial charge in [0.25, 0.3) is 6.43 Å². The highest BCUT2D eigenvalue weighted by Gasteiger charge is 2.34. The fraction of sp³-hybridized carbons (Fsp3) is 0.727. The molecule has 0 rings (SSSR count). The summed E-state index contributed by atoms with van der Waals surface area (Å²) in [6.07, 6.45) is -3.97. The van der Waals surface area contributed by atoms with Gasteiger partial charge in [0.2, 0.25) is 0 Å². The third kappa shape index (κ3) is 5.01. The largest absolute Gasteiger partial charge is 0.465 e. The number of carbonyl (C=O) groups is 3. The molecule has 0 radical (unpaired) electrons. The molecule has 0 aromatic rings. The normalized spacial score (nSPS) is 12.6. The zero-order chi connectivity index (χ0) is 13.6. The highest BCUT2D eigenvalue weighted by Crippen LogP contribution is 2.16. The molecule has 0 bridgehead atoms. The minimum atomic E-state index is -3.17. The lowest BCUT2D eigenvalue weighted by atomic mass is 9.91. The second-order valence-electron chi connectivity index (χ2n) is 3.83. The van der Waals surface area contributed by atoms with Crippen molar-refractivity contribution in [1.82, 2.24) is 0 Å². The van der Waals surface area contributed by atoms with Crippen LogP contribution in [0.25, 0.3) is 0 Å². The topological polar surface area (TPSA) is 60.4 Å². The molecule has 0 saturated heterocycles. The molecule has 0 fully saturated rings. The van der Waals surface area contributed by atoms with E-state index in [1.54, 1.807) is 0 Å². The van der Waals surface area contributed by atoms with E-state index in [4.69, 9.17) is 0 Å². The maximum absolute atomic E-state index is 12.1. The number of Topliss-reactive ketones (excluding diaryl/α,β-unsaturated/α-hetero) is 2. The number of hydrogen-bond acceptors (Lipinski definition) is 4. The number of ether oxygens (including phenoxy) is 1. The molecule has 0 spiro atoms. The van der Waals surface area contributed by atoms with Crippen LogP contribution in [-0.2, 0) is 19.1 Å². The first-order valence-corrected chi connectivity index (χ1v) is 5.32. The Balaban J connectivity index is 4.80. The van der Waals surface area contributed by atoms with Gasteiger partial charge < -0.3 is 4.74 Å². The van der Waals surface area contributed by atoms with Crippen molar-refractivity contribution in [2.45, 2.75) is 33.6 Å². The van der Waals surface area contributed by atoms with Gasteiger partial charge in [-0.25, -0.2) is 8.78 Å². The van der Waals surface area contributed by atoms with Crippen molar-refractivity contribution in [3.8, 4) is 0 Å². The molecule has 0 aliphatic heterocycles. The Kier molecular flexibility index (Phi) is 6.53. The number of esters is 1. The molecule has 0 saturated carbocycles. The van der Waals surface area contributed by atoms with Crippen molar-refractivity contribution < 1.29 is 27.9 Å². The highest BCUT2D eigenvalue weighted by molar-refractivity contribution is 6.03. The van der Waals surface area contributed by atoms with Crippen molar-refractivity contribution in [3.05, 3.63) is 0 Å². The summed E-state index contributed by atoms with van der Waals surface area (Å²) >= 11 is 0. The third-order valence-corrected chi connectivity index (χ3v) is 2.13. The predicted octanol–water partition coefficient (Wildman–Crippen LogP) is 1.62. The maximum Gasteiger partial charge on any atom is 0.316 e. The first kappa shape index (κ1) is 15.7. The van der Waals surface area contributed by atoms with E-state index in [-0.39, 0.29) is 6.61 Å². The van der Waals surface area contributed by atoms with Gasteiger partial charge in [0, 0.05) is 12.3 Å². The molecule has 98 valence electrons. The number of hydrogen-bond donors (Lipinski definition) is 0. The Hall–Kier alpha value is -1.33. The van der Waals surface area contributed by atoms with Crippen molar-refractivity contribution >= 4 is 17.5 Å². The summed E-state index contributed by atoms with van der Waals surface area (Å²) in [5.41, 5.74) is 0. The lowest BCUT2D eigenvalue weighted by Crippen LogP contribution is -2.32. The number of rotatable bonds is 7. The summed E-state index contributed by atoms with van der Waals surface area (Å²) in [6, 6.07) is 0. The Labute approximate surface area is 98.3 Å². The molecule has 0 N–H and O–H groups in total. The third-order valence-electron chi connectivity index (χ3n) is 2.13. The Morgan fingerprint density at radius 1 is 1.18 bits per heavy atom. The van der Waals surface area contributed by atoms with E-state index in [0.29, 0.717) is 0 Å². The zero-order valence-corrected chi connectivity index (χ0v) is 10.0. The molecule has 0 heterocycles. The Morgan fingerprint density at radius 3 is 2.06 bits per heavy atom. The molecule has 0 aliphatic rings. The summed E-state index contributed by atoms with van der Waals surface area (Å²) in [6.45, 7) is 4.62. The van der Waals surface area contributed by atoms with Gasteiger partial charge in [0.1, 0.15) is 11.7 Å². The fourth-order valence-corrected chi connectivity index (χ4v) is 1.24. The van der Waals surface area contributed by atoms with Gasteiger partial charge in [-0.2, -0.15) is 0 Å². The van der Waals surface area contributed by atoms with E-state index in [0.717, 1.165) is 0 Å². The van der Waals surface area contributed by atoms with Gasteiger partial charge in [-0.05, 0) is 6.92 Å². The summed E-state index contributed by atoms with van der Waals surface area (Å²) < 4.78 is 28.8. The number of ketones is 2. The lowest BCUT2D eigenvalue weighted by Gasteiger charge is -2.15. The van der Waals surface area contributed by atoms with E-state index in [2.05, 4.69) is 4.74 Å². The highest BCUT2D eigenvalue weighted by atomic mass is 19.3. The Morgan fingerprint density at radius 2 is 1.71 bits per heavy atom. The smallest absolute Gasteiger partial charge is 0.316 e. The number of halogens is 2. The van der Waals surface area contributed by atoms with Crippen LogP contribution in [0, 0.1) is 11.8 Å². The van der Waals surface area contributed by atoms with Crippen LogP contribution in [0.5, 0.6) is 0 Å². The molecule has 6 heteroatoms. The molecule has 0 aromatic carbocycles. The van der Waals surface area contributed by atoms with E-state index in [9.17, 15) is 23.2 Å². The monoisotopic (exact) mass is 250 g/mol. The van der Waals surface area contributed by atoms with Crippen molar-refractivity contribution in [2.75, 3.05) is 6.61 Å². The van der Waals surface area contributed by atoms with Gasteiger partial charge in [-0.3, -0.25) is 14.4 Å². The van der Waals surface area contributed by atoms with Crippen LogP contribution in [0.2, 0.25) is 0 Å². The van der Waals surface area contributed by atoms with Gasteiger partial charge >= 0.3 is 5.97 Å². The van der Waals surface area contributed by atoms with Gasteiger partial charge in [-0.15, -0.1) is 0 Å². The SMILES string of the molecule is CCOC(=O)C(CC(=O)C(F)F)C(=O)C(C)C. The second-order valence-corrected chi connectivity index (χ2v) is 3.83. The first-order valence-electron chi connectivity index (χ1n) is 5.32. The van der Waals surface area contributed by atoms with Crippen molar-refractivity contribution in [2.24, 2.45) is 11.8 Å². The average Bonchev–Trinajstić information content (AvgIpc) is 2.24. The molecule has 0 aliphatic carbocycles. The molecule has 4 nitrogen and oxygen atoms in total. The van der Waals surface area contributed by atoms with Crippen LogP contribution in [0.3, 0.4) is 0 Å². The van der Waals surface area contributed by atoms with Gasteiger partial charge in [0.15, 0.2) is 5.78 Å². The standard InChI is InChI=1S/C11H16F2O4/c1-4-17-11(16)7(9(15)6(2)3)5-8(14)10(12)13/h6-7,10H,4-5H2,1-3H3. The van der Waals surface area contributed by atoms with E-state index < -0.39 is 42.2 Å². The lowest BCUT2D eigenvalue weighted by molar-refractivity contribution is -0.155. The minimum absolute atomic E-state index is 0.0313. The summed E-state index contributed by atoms with van der Waals surface area (Å²) in [5, 5.41) is 0. The molecule has 0 aromatic heterocycles. The first-order chi connectivity index (χ1) is 7.81. The van der Waals surface area contributed by atoms with Crippen molar-refractivity contribution in [3.63, 3.8) is 0 Å². The van der Waals surface area contributed by atoms with Crippen LogP contribution in [-0.4, -0.2) is 30.6 Å². The van der Waals surface area contributed by atoms with Crippen molar-refractivity contribution in [1.29, 1.82) is 0 Å². The van der Waals surface area contributed by atoms with Crippen LogP contribution in [0.1, 0.15) is 27.2 Å². The van der Waals surface area contributed by atoms with E-state index in [1.807, 2.05) is 0 Å². The van der Waals surface area contributed by atoms with E-state index in [1.165, 1.54) is 20.8 Å².